The fraction of sp³-hybridized carbons (Fsp3) is 0.529. The molecule has 1 aliphatic heterocycles. The van der Waals surface area contributed by atoms with Crippen LogP contribution in [0.4, 0.5) is 13.2 Å². The van der Waals surface area contributed by atoms with Gasteiger partial charge in [0.1, 0.15) is 17.4 Å². The maximum atomic E-state index is 14.8. The third-order valence-corrected chi connectivity index (χ3v) is 5.22. The Morgan fingerprint density at radius 1 is 1.13 bits per heavy atom. The van der Waals surface area contributed by atoms with Gasteiger partial charge in [-0.15, -0.1) is 0 Å². The summed E-state index contributed by atoms with van der Waals surface area (Å²) in [5.74, 6) is -1.50. The minimum absolute atomic E-state index is 0.193. The molecule has 6 heteroatoms. The molecule has 23 heavy (non-hydrogen) atoms. The van der Waals surface area contributed by atoms with Crippen molar-refractivity contribution in [2.75, 3.05) is 0 Å². The van der Waals surface area contributed by atoms with Gasteiger partial charge >= 0.3 is 7.12 Å². The lowest BCUT2D eigenvalue weighted by molar-refractivity contribution is 0.00578. The van der Waals surface area contributed by atoms with E-state index in [0.717, 1.165) is 18.2 Å². The SMILES string of the molecule is CC1(C)OB(C(F)=C2CCC2c2cc(F)ccc2F)OC1(C)C. The van der Waals surface area contributed by atoms with E-state index in [2.05, 4.69) is 0 Å². The smallest absolute Gasteiger partial charge is 0.398 e. The largest absolute Gasteiger partial charge is 0.525 e. The van der Waals surface area contributed by atoms with Crippen LogP contribution in [0.1, 0.15) is 52.0 Å². The minimum atomic E-state index is -1.09. The van der Waals surface area contributed by atoms with Gasteiger partial charge in [0.15, 0.2) is 0 Å². The van der Waals surface area contributed by atoms with Crippen molar-refractivity contribution in [3.8, 4) is 0 Å². The van der Waals surface area contributed by atoms with Crippen molar-refractivity contribution in [1.82, 2.24) is 0 Å². The molecular formula is C17H20BF3O2. The maximum Gasteiger partial charge on any atom is 0.525 e. The van der Waals surface area contributed by atoms with Gasteiger partial charge in [0.2, 0.25) is 0 Å². The third-order valence-electron chi connectivity index (χ3n) is 5.22. The predicted octanol–water partition coefficient (Wildman–Crippen LogP) is 4.70. The molecule has 1 heterocycles. The highest BCUT2D eigenvalue weighted by Crippen LogP contribution is 2.48. The lowest BCUT2D eigenvalue weighted by atomic mass is 9.69. The molecule has 3 rings (SSSR count). The Bertz CT molecular complexity index is 654. The van der Waals surface area contributed by atoms with E-state index >= 15 is 0 Å². The van der Waals surface area contributed by atoms with E-state index in [4.69, 9.17) is 9.31 Å². The van der Waals surface area contributed by atoms with Crippen molar-refractivity contribution in [3.05, 3.63) is 46.7 Å². The Morgan fingerprint density at radius 3 is 2.26 bits per heavy atom. The second-order valence-electron chi connectivity index (χ2n) is 7.22. The summed E-state index contributed by atoms with van der Waals surface area (Å²) in [7, 11) is -1.09. The first-order valence-corrected chi connectivity index (χ1v) is 7.81. The van der Waals surface area contributed by atoms with E-state index in [-0.39, 0.29) is 5.56 Å². The molecule has 1 saturated heterocycles. The van der Waals surface area contributed by atoms with Crippen LogP contribution in [0.15, 0.2) is 29.5 Å². The number of hydrogen-bond donors (Lipinski definition) is 0. The molecule has 0 N–H and O–H groups in total. The second kappa shape index (κ2) is 5.38. The topological polar surface area (TPSA) is 18.5 Å². The Kier molecular flexibility index (Phi) is 3.88. The van der Waals surface area contributed by atoms with Crippen LogP contribution in [-0.2, 0) is 9.31 Å². The van der Waals surface area contributed by atoms with Gasteiger partial charge in [-0.1, -0.05) is 0 Å². The molecular weight excluding hydrogens is 304 g/mol. The van der Waals surface area contributed by atoms with Crippen LogP contribution in [0.5, 0.6) is 0 Å². The fourth-order valence-electron chi connectivity index (χ4n) is 2.94. The van der Waals surface area contributed by atoms with Gasteiger partial charge in [0.05, 0.1) is 11.2 Å². The van der Waals surface area contributed by atoms with Crippen molar-refractivity contribution >= 4 is 7.12 Å². The van der Waals surface area contributed by atoms with Gasteiger partial charge in [-0.3, -0.25) is 0 Å². The zero-order valence-corrected chi connectivity index (χ0v) is 13.8. The molecule has 0 spiro atoms. The van der Waals surface area contributed by atoms with Gasteiger partial charge in [-0.2, -0.15) is 0 Å². The predicted molar refractivity (Wildman–Crippen MR) is 82.5 cm³/mol. The standard InChI is InChI=1S/C17H20BF3O2/c1-16(2)17(3,4)23-18(22-16)15(21)12-7-6-11(12)13-9-10(19)5-8-14(13)20/h5,8-9,11H,6-7H2,1-4H3. The molecule has 0 radical (unpaired) electrons. The Hall–Kier alpha value is -1.27. The van der Waals surface area contributed by atoms with Crippen LogP contribution in [0, 0.1) is 11.6 Å². The Labute approximate surface area is 134 Å². The van der Waals surface area contributed by atoms with Crippen LogP contribution in [0.3, 0.4) is 0 Å². The van der Waals surface area contributed by atoms with Crippen molar-refractivity contribution in [2.24, 2.45) is 0 Å². The molecule has 1 aromatic carbocycles. The summed E-state index contributed by atoms with van der Waals surface area (Å²) >= 11 is 0. The van der Waals surface area contributed by atoms with Crippen LogP contribution in [0.25, 0.3) is 0 Å². The summed E-state index contributed by atoms with van der Waals surface area (Å²) in [6.07, 6.45) is 1.08. The van der Waals surface area contributed by atoms with Crippen LogP contribution in [0.2, 0.25) is 0 Å². The fourth-order valence-corrected chi connectivity index (χ4v) is 2.94. The third kappa shape index (κ3) is 2.72. The molecule has 2 nitrogen and oxygen atoms in total. The summed E-state index contributed by atoms with van der Waals surface area (Å²) in [4.78, 5) is 0. The molecule has 1 unspecified atom stereocenters. The van der Waals surface area contributed by atoms with Crippen LogP contribution >= 0.6 is 0 Å². The van der Waals surface area contributed by atoms with E-state index in [1.54, 1.807) is 0 Å². The molecule has 0 amide bonds. The van der Waals surface area contributed by atoms with Gasteiger partial charge in [-0.25, -0.2) is 13.2 Å². The van der Waals surface area contributed by atoms with E-state index in [1.807, 2.05) is 27.7 Å². The van der Waals surface area contributed by atoms with Crippen LogP contribution < -0.4 is 0 Å². The number of halogens is 3. The normalized spacial score (nSPS) is 27.8. The molecule has 2 fully saturated rings. The molecule has 124 valence electrons. The second-order valence-corrected chi connectivity index (χ2v) is 7.22. The highest BCUT2D eigenvalue weighted by Gasteiger charge is 2.54. The number of hydrogen-bond acceptors (Lipinski definition) is 2. The highest BCUT2D eigenvalue weighted by molar-refractivity contribution is 6.54. The molecule has 1 aliphatic carbocycles. The quantitative estimate of drug-likeness (QED) is 0.734. The minimum Gasteiger partial charge on any atom is -0.398 e. The summed E-state index contributed by atoms with van der Waals surface area (Å²) in [6.45, 7) is 7.37. The summed E-state index contributed by atoms with van der Waals surface area (Å²) < 4.78 is 53.5. The number of allylic oxidation sites excluding steroid dienone is 1. The Morgan fingerprint density at radius 2 is 1.74 bits per heavy atom. The molecule has 1 saturated carbocycles. The lowest BCUT2D eigenvalue weighted by Gasteiger charge is -2.32. The van der Waals surface area contributed by atoms with E-state index in [9.17, 15) is 13.2 Å². The molecule has 1 aromatic rings. The van der Waals surface area contributed by atoms with E-state index in [0.29, 0.717) is 18.4 Å². The van der Waals surface area contributed by atoms with Gasteiger partial charge in [0, 0.05) is 5.92 Å². The first kappa shape index (κ1) is 16.6. The molecule has 1 atom stereocenters. The lowest BCUT2D eigenvalue weighted by Crippen LogP contribution is -2.41. The highest BCUT2D eigenvalue weighted by atomic mass is 19.1. The maximum absolute atomic E-state index is 14.8. The van der Waals surface area contributed by atoms with Gasteiger partial charge in [0.25, 0.3) is 0 Å². The molecule has 0 bridgehead atoms. The Balaban J connectivity index is 1.89. The summed E-state index contributed by atoms with van der Waals surface area (Å²) in [5, 5.41) is 0. The van der Waals surface area contributed by atoms with E-state index in [1.165, 1.54) is 0 Å². The number of benzene rings is 1. The van der Waals surface area contributed by atoms with Crippen molar-refractivity contribution in [2.45, 2.75) is 57.7 Å². The zero-order chi connectivity index (χ0) is 17.0. The van der Waals surface area contributed by atoms with Gasteiger partial charge < -0.3 is 9.31 Å². The first-order chi connectivity index (χ1) is 10.6. The summed E-state index contributed by atoms with van der Waals surface area (Å²) in [5.41, 5.74) is -1.16. The van der Waals surface area contributed by atoms with E-state index < -0.39 is 41.6 Å². The van der Waals surface area contributed by atoms with Gasteiger partial charge in [-0.05, 0) is 69.9 Å². The summed E-state index contributed by atoms with van der Waals surface area (Å²) in [6, 6.07) is 3.27. The zero-order valence-electron chi connectivity index (χ0n) is 13.8. The monoisotopic (exact) mass is 324 g/mol. The molecule has 0 aromatic heterocycles. The van der Waals surface area contributed by atoms with Crippen molar-refractivity contribution in [3.63, 3.8) is 0 Å². The van der Waals surface area contributed by atoms with Crippen molar-refractivity contribution < 1.29 is 22.5 Å². The number of rotatable bonds is 2. The van der Waals surface area contributed by atoms with Crippen molar-refractivity contribution in [1.29, 1.82) is 0 Å². The van der Waals surface area contributed by atoms with Crippen LogP contribution in [-0.4, -0.2) is 18.3 Å². The average Bonchev–Trinajstić information content (AvgIpc) is 2.62. The first-order valence-electron chi connectivity index (χ1n) is 7.81. The molecule has 2 aliphatic rings. The average molecular weight is 324 g/mol.